The first kappa shape index (κ1) is 49.1. The highest BCUT2D eigenvalue weighted by Gasteiger charge is 2.19. The van der Waals surface area contributed by atoms with E-state index in [1.54, 1.807) is 0 Å². The lowest BCUT2D eigenvalue weighted by molar-refractivity contribution is -0.150. The Kier molecular flexibility index (Phi) is 37.9. The van der Waals surface area contributed by atoms with Crippen molar-refractivity contribution < 1.29 is 24.2 Å². The van der Waals surface area contributed by atoms with Crippen LogP contribution in [-0.2, 0) is 19.1 Å². The van der Waals surface area contributed by atoms with Crippen molar-refractivity contribution in [1.82, 2.24) is 5.32 Å². The molecule has 2 unspecified atom stereocenters. The summed E-state index contributed by atoms with van der Waals surface area (Å²) in [5.41, 5.74) is 5.47. The number of carboxylic acid groups (broad SMARTS) is 1. The Bertz CT molecular complexity index is 817. The first-order chi connectivity index (χ1) is 24.9. The molecule has 0 saturated heterocycles. The normalized spacial score (nSPS) is 12.7. The van der Waals surface area contributed by atoms with Gasteiger partial charge in [0.05, 0.1) is 0 Å². The molecule has 300 valence electrons. The monoisotopic (exact) mass is 721 g/mol. The van der Waals surface area contributed by atoms with Crippen molar-refractivity contribution in [3.63, 3.8) is 0 Å². The fourth-order valence-electron chi connectivity index (χ4n) is 6.74. The highest BCUT2D eigenvalue weighted by molar-refractivity contribution is 5.83. The number of carboxylic acids is 1. The molecule has 0 fully saturated rings. The zero-order chi connectivity index (χ0) is 37.5. The van der Waals surface area contributed by atoms with Gasteiger partial charge < -0.3 is 20.9 Å². The smallest absolute Gasteiger partial charge is 0.326 e. The number of aliphatic carboxylic acids is 1. The van der Waals surface area contributed by atoms with Gasteiger partial charge >= 0.3 is 11.9 Å². The lowest BCUT2D eigenvalue weighted by Crippen LogP contribution is -2.40. The summed E-state index contributed by atoms with van der Waals surface area (Å²) in [5, 5.41) is 11.9. The van der Waals surface area contributed by atoms with E-state index < -0.39 is 12.0 Å². The van der Waals surface area contributed by atoms with Gasteiger partial charge in [-0.1, -0.05) is 154 Å². The number of carbonyl (C=O) groups excluding carboxylic acids is 2. The number of amides is 1. The number of hydrogen-bond donors (Lipinski definition) is 3. The Balaban J connectivity index is 4.04. The lowest BCUT2D eigenvalue weighted by Gasteiger charge is -2.18. The van der Waals surface area contributed by atoms with Crippen LogP contribution in [0.15, 0.2) is 12.2 Å². The predicted molar refractivity (Wildman–Crippen MR) is 216 cm³/mol. The molecule has 51 heavy (non-hydrogen) atoms. The van der Waals surface area contributed by atoms with E-state index in [4.69, 9.17) is 10.5 Å². The molecular formula is C44H84N2O5. The Hall–Kier alpha value is -1.89. The van der Waals surface area contributed by atoms with Crippen LogP contribution in [0.25, 0.3) is 0 Å². The molecule has 0 bridgehead atoms. The number of ether oxygens (including phenoxy) is 1. The van der Waals surface area contributed by atoms with Gasteiger partial charge in [-0.05, 0) is 83.6 Å². The number of allylic oxidation sites excluding steroid dienone is 2. The van der Waals surface area contributed by atoms with Crippen LogP contribution >= 0.6 is 0 Å². The third-order valence-electron chi connectivity index (χ3n) is 10.1. The molecule has 2 atom stereocenters. The third-order valence-corrected chi connectivity index (χ3v) is 10.1. The fraction of sp³-hybridized carbons (Fsp3) is 0.886. The molecule has 4 N–H and O–H groups in total. The number of nitrogens with one attached hydrogen (secondary N) is 1. The van der Waals surface area contributed by atoms with Crippen molar-refractivity contribution in [3.05, 3.63) is 12.2 Å². The van der Waals surface area contributed by atoms with Crippen LogP contribution in [0, 0.1) is 0 Å². The van der Waals surface area contributed by atoms with E-state index >= 15 is 0 Å². The Morgan fingerprint density at radius 2 is 0.961 bits per heavy atom. The maximum atomic E-state index is 12.7. The number of esters is 1. The van der Waals surface area contributed by atoms with E-state index in [2.05, 4.69) is 31.3 Å². The van der Waals surface area contributed by atoms with Crippen molar-refractivity contribution in [1.29, 1.82) is 0 Å². The van der Waals surface area contributed by atoms with E-state index in [0.717, 1.165) is 64.2 Å². The minimum absolute atomic E-state index is 0.0201. The van der Waals surface area contributed by atoms with Gasteiger partial charge in [-0.2, -0.15) is 0 Å². The largest absolute Gasteiger partial charge is 0.480 e. The van der Waals surface area contributed by atoms with Crippen LogP contribution in [0.5, 0.6) is 0 Å². The SMILES string of the molecule is CCCCCCCC/C=C\CCCCCCCCCCCC(=O)OC(CCCCCCCC)CCCCCCCC(=O)NC(CCCN)C(=O)O. The summed E-state index contributed by atoms with van der Waals surface area (Å²) < 4.78 is 6.01. The Morgan fingerprint density at radius 3 is 1.41 bits per heavy atom. The summed E-state index contributed by atoms with van der Waals surface area (Å²) in [6.07, 6.45) is 42.7. The molecule has 0 aromatic carbocycles. The summed E-state index contributed by atoms with van der Waals surface area (Å²) in [6.45, 7) is 4.93. The fourth-order valence-corrected chi connectivity index (χ4v) is 6.74. The quantitative estimate of drug-likeness (QED) is 0.0329. The highest BCUT2D eigenvalue weighted by Crippen LogP contribution is 2.19. The molecule has 1 amide bonds. The van der Waals surface area contributed by atoms with Crippen molar-refractivity contribution in [2.45, 2.75) is 244 Å². The van der Waals surface area contributed by atoms with Gasteiger partial charge in [-0.15, -0.1) is 0 Å². The van der Waals surface area contributed by atoms with E-state index in [1.807, 2.05) is 0 Å². The first-order valence-corrected chi connectivity index (χ1v) is 22.0. The minimum Gasteiger partial charge on any atom is -0.480 e. The molecule has 0 aromatic heterocycles. The zero-order valence-corrected chi connectivity index (χ0v) is 33.7. The maximum Gasteiger partial charge on any atom is 0.326 e. The number of unbranched alkanes of at least 4 members (excludes halogenated alkanes) is 24. The average molecular weight is 721 g/mol. The third kappa shape index (κ3) is 36.3. The second-order valence-electron chi connectivity index (χ2n) is 15.1. The highest BCUT2D eigenvalue weighted by atomic mass is 16.5. The molecule has 7 nitrogen and oxygen atoms in total. The number of rotatable bonds is 40. The molecule has 0 aliphatic rings. The predicted octanol–water partition coefficient (Wildman–Crippen LogP) is 12.3. The molecule has 0 aliphatic carbocycles. The van der Waals surface area contributed by atoms with Crippen molar-refractivity contribution in [2.75, 3.05) is 6.54 Å². The summed E-state index contributed by atoms with van der Waals surface area (Å²) in [4.78, 5) is 36.2. The average Bonchev–Trinajstić information content (AvgIpc) is 3.11. The number of carbonyl (C=O) groups is 3. The molecule has 0 saturated carbocycles. The standard InChI is InChI=1S/C44H84N2O5/c1-3-5-7-9-11-12-13-14-15-16-17-18-19-20-21-22-23-28-32-38-43(48)51-40(34-29-25-10-8-6-4-2)35-30-26-24-27-31-37-42(47)46-41(44(49)50)36-33-39-45/h14-15,40-41H,3-13,16-39,45H2,1-2H3,(H,46,47)(H,49,50)/b15-14-. The van der Waals surface area contributed by atoms with Crippen molar-refractivity contribution >= 4 is 17.8 Å². The van der Waals surface area contributed by atoms with Gasteiger partial charge in [-0.25, -0.2) is 4.79 Å². The number of nitrogens with two attached hydrogens (primary N) is 1. The van der Waals surface area contributed by atoms with Crippen LogP contribution in [0.4, 0.5) is 0 Å². The molecule has 0 spiro atoms. The topological polar surface area (TPSA) is 119 Å². The van der Waals surface area contributed by atoms with Gasteiger partial charge in [-0.3, -0.25) is 9.59 Å². The summed E-state index contributed by atoms with van der Waals surface area (Å²) in [6, 6.07) is -0.852. The van der Waals surface area contributed by atoms with Crippen LogP contribution in [-0.4, -0.2) is 41.6 Å². The van der Waals surface area contributed by atoms with Crippen molar-refractivity contribution in [3.8, 4) is 0 Å². The van der Waals surface area contributed by atoms with Gasteiger partial charge in [0.2, 0.25) is 5.91 Å². The van der Waals surface area contributed by atoms with E-state index in [0.29, 0.717) is 32.2 Å². The van der Waals surface area contributed by atoms with Crippen LogP contribution in [0.2, 0.25) is 0 Å². The maximum absolute atomic E-state index is 12.7. The summed E-state index contributed by atoms with van der Waals surface area (Å²) >= 11 is 0. The Morgan fingerprint density at radius 1 is 0.549 bits per heavy atom. The molecule has 0 aliphatic heterocycles. The van der Waals surface area contributed by atoms with Crippen molar-refractivity contribution in [2.24, 2.45) is 5.73 Å². The molecule has 0 heterocycles. The lowest BCUT2D eigenvalue weighted by atomic mass is 10.0. The van der Waals surface area contributed by atoms with Gasteiger partial charge in [0.15, 0.2) is 0 Å². The molecule has 0 rings (SSSR count). The minimum atomic E-state index is -1.00. The zero-order valence-electron chi connectivity index (χ0n) is 33.7. The second kappa shape index (κ2) is 39.3. The van der Waals surface area contributed by atoms with E-state index in [-0.39, 0.29) is 18.0 Å². The molecule has 7 heteroatoms. The first-order valence-electron chi connectivity index (χ1n) is 22.0. The summed E-state index contributed by atoms with van der Waals surface area (Å²) in [7, 11) is 0. The van der Waals surface area contributed by atoms with E-state index in [1.165, 1.54) is 128 Å². The van der Waals surface area contributed by atoms with Crippen LogP contribution < -0.4 is 11.1 Å². The molecule has 0 radical (unpaired) electrons. The second-order valence-corrected chi connectivity index (χ2v) is 15.1. The van der Waals surface area contributed by atoms with Gasteiger partial charge in [0.25, 0.3) is 0 Å². The van der Waals surface area contributed by atoms with Gasteiger partial charge in [0.1, 0.15) is 12.1 Å². The molecular weight excluding hydrogens is 636 g/mol. The van der Waals surface area contributed by atoms with Gasteiger partial charge in [0, 0.05) is 12.8 Å². The molecule has 0 aromatic rings. The summed E-state index contributed by atoms with van der Waals surface area (Å²) in [5.74, 6) is -1.23. The van der Waals surface area contributed by atoms with E-state index in [9.17, 15) is 19.5 Å². The van der Waals surface area contributed by atoms with Crippen LogP contribution in [0.1, 0.15) is 232 Å². The Labute approximate surface area is 315 Å². The van der Waals surface area contributed by atoms with Crippen LogP contribution in [0.3, 0.4) is 0 Å². The number of hydrogen-bond acceptors (Lipinski definition) is 5.